The number of nitrogens with one attached hydrogen (secondary N) is 2. The molecule has 2 amide bonds. The lowest BCUT2D eigenvalue weighted by Gasteiger charge is -2.30. The van der Waals surface area contributed by atoms with Crippen molar-refractivity contribution < 1.29 is 38.5 Å². The van der Waals surface area contributed by atoms with Crippen molar-refractivity contribution in [2.24, 2.45) is 17.3 Å². The van der Waals surface area contributed by atoms with Crippen molar-refractivity contribution >= 4 is 41.4 Å². The van der Waals surface area contributed by atoms with Crippen LogP contribution in [0.1, 0.15) is 96.1 Å². The molecule has 3 atom stereocenters. The van der Waals surface area contributed by atoms with Crippen LogP contribution in [0.5, 0.6) is 5.75 Å². The SMILES string of the molecule is C=C(OC(CC(C)C)C(=O)O)C(C)(C)CNC(=O)C(C)NC(=O)/C=C/CCC(C)/C=C/c1ccc(C(=O)OC)cc1.CC.COc1ccc(C)cc1Cl. The number of carboxylic acid groups (broad SMARTS) is 1. The van der Waals surface area contributed by atoms with Gasteiger partial charge in [-0.15, -0.1) is 0 Å². The summed E-state index contributed by atoms with van der Waals surface area (Å²) in [5.74, 6) is -0.765. The predicted octanol–water partition coefficient (Wildman–Crippen LogP) is 8.82. The molecule has 10 nitrogen and oxygen atoms in total. The van der Waals surface area contributed by atoms with Gasteiger partial charge in [0, 0.05) is 12.0 Å². The van der Waals surface area contributed by atoms with Gasteiger partial charge in [-0.1, -0.05) is 103 Å². The summed E-state index contributed by atoms with van der Waals surface area (Å²) < 4.78 is 15.3. The molecule has 2 aromatic carbocycles. The second-order valence-electron chi connectivity index (χ2n) is 13.4. The van der Waals surface area contributed by atoms with Gasteiger partial charge >= 0.3 is 11.9 Å². The molecule has 11 heteroatoms. The second kappa shape index (κ2) is 25.4. The first-order chi connectivity index (χ1) is 24.9. The molecular formula is C42H61ClN2O8. The third-order valence-corrected chi connectivity index (χ3v) is 8.07. The molecule has 2 rings (SSSR count). The molecule has 53 heavy (non-hydrogen) atoms. The zero-order valence-corrected chi connectivity index (χ0v) is 34.1. The molecular weight excluding hydrogens is 696 g/mol. The van der Waals surface area contributed by atoms with E-state index in [0.717, 1.165) is 23.3 Å². The summed E-state index contributed by atoms with van der Waals surface area (Å²) in [6.45, 7) is 21.1. The number of hydrogen-bond donors (Lipinski definition) is 3. The predicted molar refractivity (Wildman–Crippen MR) is 214 cm³/mol. The number of allylic oxidation sites excluding steroid dienone is 2. The van der Waals surface area contributed by atoms with Crippen LogP contribution in [0, 0.1) is 24.2 Å². The number of carbonyl (C=O) groups is 4. The maximum Gasteiger partial charge on any atom is 0.344 e. The molecule has 0 fully saturated rings. The van der Waals surface area contributed by atoms with Crippen LogP contribution >= 0.6 is 11.6 Å². The van der Waals surface area contributed by atoms with E-state index in [1.54, 1.807) is 46.1 Å². The number of halogens is 1. The number of carbonyl (C=O) groups excluding carboxylic acids is 3. The Labute approximate surface area is 322 Å². The fraction of sp³-hybridized carbons (Fsp3) is 0.476. The highest BCUT2D eigenvalue weighted by molar-refractivity contribution is 6.32. The lowest BCUT2D eigenvalue weighted by atomic mass is 9.91. The number of carboxylic acids is 1. The van der Waals surface area contributed by atoms with Crippen molar-refractivity contribution in [3.8, 4) is 5.75 Å². The average molecular weight is 757 g/mol. The van der Waals surface area contributed by atoms with Crippen LogP contribution in [-0.2, 0) is 23.9 Å². The molecule has 2 aromatic rings. The van der Waals surface area contributed by atoms with Crippen LogP contribution in [0.25, 0.3) is 6.08 Å². The second-order valence-corrected chi connectivity index (χ2v) is 13.8. The third kappa shape index (κ3) is 19.7. The van der Waals surface area contributed by atoms with E-state index in [-0.39, 0.29) is 41.9 Å². The number of hydrogen-bond acceptors (Lipinski definition) is 7. The summed E-state index contributed by atoms with van der Waals surface area (Å²) in [4.78, 5) is 47.9. The van der Waals surface area contributed by atoms with Gasteiger partial charge in [0.15, 0.2) is 6.10 Å². The Balaban J connectivity index is 0.00000191. The van der Waals surface area contributed by atoms with Gasteiger partial charge in [0.25, 0.3) is 0 Å². The molecule has 0 spiro atoms. The molecule has 3 unspecified atom stereocenters. The summed E-state index contributed by atoms with van der Waals surface area (Å²) in [5, 5.41) is 15.5. The molecule has 0 heterocycles. The summed E-state index contributed by atoms with van der Waals surface area (Å²) in [7, 11) is 2.96. The number of methoxy groups -OCH3 is 2. The number of amides is 2. The highest BCUT2D eigenvalue weighted by Crippen LogP contribution is 2.28. The fourth-order valence-corrected chi connectivity index (χ4v) is 4.70. The number of esters is 1. The van der Waals surface area contributed by atoms with E-state index >= 15 is 0 Å². The standard InChI is InChI=1S/C32H46N2O7.C8H9ClO.C2H6/c1-21(2)19-27(30(37)38)41-24(5)32(6,7)20-33-29(36)23(4)34-28(35)12-10-9-11-22(3)13-14-25-15-17-26(18-16-25)31(39)40-8;1-6-3-4-8(10-2)7(9)5-6;1-2/h10,12-18,21-23,27H,5,9,11,19-20H2,1-4,6-8H3,(H,33,36)(H,34,35)(H,37,38);3-5H,1-2H3;1-2H3/b12-10+,14-13+;;. The van der Waals surface area contributed by atoms with Crippen LogP contribution in [-0.4, -0.2) is 61.8 Å². The lowest BCUT2D eigenvalue weighted by molar-refractivity contribution is -0.149. The molecule has 0 bridgehead atoms. The average Bonchev–Trinajstić information content (AvgIpc) is 3.12. The minimum Gasteiger partial charge on any atom is -0.495 e. The summed E-state index contributed by atoms with van der Waals surface area (Å²) in [6.07, 6.45) is 8.11. The molecule has 0 radical (unpaired) electrons. The van der Waals surface area contributed by atoms with E-state index in [2.05, 4.69) is 30.2 Å². The van der Waals surface area contributed by atoms with E-state index < -0.39 is 23.5 Å². The Kier molecular flexibility index (Phi) is 23.2. The maximum atomic E-state index is 12.6. The summed E-state index contributed by atoms with van der Waals surface area (Å²) >= 11 is 5.80. The minimum atomic E-state index is -1.06. The lowest BCUT2D eigenvalue weighted by Crippen LogP contribution is -2.47. The monoisotopic (exact) mass is 756 g/mol. The van der Waals surface area contributed by atoms with Crippen molar-refractivity contribution in [3.05, 3.63) is 94.7 Å². The van der Waals surface area contributed by atoms with Gasteiger partial charge in [0.2, 0.25) is 11.8 Å². The van der Waals surface area contributed by atoms with Crippen molar-refractivity contribution in [1.82, 2.24) is 10.6 Å². The Morgan fingerprint density at radius 3 is 2.15 bits per heavy atom. The van der Waals surface area contributed by atoms with Crippen LogP contribution in [0.3, 0.4) is 0 Å². The van der Waals surface area contributed by atoms with Crippen LogP contribution in [0.2, 0.25) is 5.02 Å². The summed E-state index contributed by atoms with van der Waals surface area (Å²) in [6, 6.07) is 12.1. The number of benzene rings is 2. The maximum absolute atomic E-state index is 12.6. The fourth-order valence-electron chi connectivity index (χ4n) is 4.39. The quantitative estimate of drug-likeness (QED) is 0.0779. The molecule has 294 valence electrons. The Bertz CT molecular complexity index is 1520. The number of aryl methyl sites for hydroxylation is 1. The zero-order valence-electron chi connectivity index (χ0n) is 33.4. The molecule has 0 aliphatic carbocycles. The van der Waals surface area contributed by atoms with E-state index in [1.807, 2.05) is 71.0 Å². The smallest absolute Gasteiger partial charge is 0.344 e. The van der Waals surface area contributed by atoms with Gasteiger partial charge < -0.3 is 30.0 Å². The first-order valence-corrected chi connectivity index (χ1v) is 18.3. The van der Waals surface area contributed by atoms with Gasteiger partial charge in [-0.2, -0.15) is 0 Å². The largest absolute Gasteiger partial charge is 0.495 e. The minimum absolute atomic E-state index is 0.135. The van der Waals surface area contributed by atoms with Gasteiger partial charge in [-0.05, 0) is 86.4 Å². The van der Waals surface area contributed by atoms with Crippen LogP contribution in [0.15, 0.2) is 73.0 Å². The number of ether oxygens (including phenoxy) is 3. The molecule has 0 aliphatic rings. The van der Waals surface area contributed by atoms with Gasteiger partial charge in [0.05, 0.1) is 30.6 Å². The molecule has 0 aliphatic heterocycles. The number of rotatable bonds is 18. The van der Waals surface area contributed by atoms with E-state index in [0.29, 0.717) is 23.4 Å². The van der Waals surface area contributed by atoms with E-state index in [9.17, 15) is 24.3 Å². The molecule has 0 aromatic heterocycles. The normalized spacial score (nSPS) is 12.7. The van der Waals surface area contributed by atoms with Crippen molar-refractivity contribution in [1.29, 1.82) is 0 Å². The molecule has 0 saturated heterocycles. The van der Waals surface area contributed by atoms with Gasteiger partial charge in [-0.3, -0.25) is 9.59 Å². The van der Waals surface area contributed by atoms with E-state index in [4.69, 9.17) is 25.8 Å². The van der Waals surface area contributed by atoms with Crippen LogP contribution in [0.4, 0.5) is 0 Å². The Hall–Kier alpha value is -4.57. The third-order valence-electron chi connectivity index (χ3n) is 7.77. The van der Waals surface area contributed by atoms with Crippen molar-refractivity contribution in [2.75, 3.05) is 20.8 Å². The Morgan fingerprint density at radius 2 is 1.62 bits per heavy atom. The van der Waals surface area contributed by atoms with Gasteiger partial charge in [0.1, 0.15) is 11.8 Å². The zero-order chi connectivity index (χ0) is 40.7. The first kappa shape index (κ1) is 48.4. The Morgan fingerprint density at radius 1 is 1.00 bits per heavy atom. The van der Waals surface area contributed by atoms with Gasteiger partial charge in [-0.25, -0.2) is 9.59 Å². The van der Waals surface area contributed by atoms with Crippen LogP contribution < -0.4 is 15.4 Å². The topological polar surface area (TPSA) is 140 Å². The van der Waals surface area contributed by atoms with Crippen molar-refractivity contribution in [3.63, 3.8) is 0 Å². The highest BCUT2D eigenvalue weighted by atomic mass is 35.5. The van der Waals surface area contributed by atoms with Crippen molar-refractivity contribution in [2.45, 2.75) is 93.7 Å². The first-order valence-electron chi connectivity index (χ1n) is 17.9. The summed E-state index contributed by atoms with van der Waals surface area (Å²) in [5.41, 5.74) is 1.90. The highest BCUT2D eigenvalue weighted by Gasteiger charge is 2.30. The molecule has 0 saturated carbocycles. The number of aliphatic carboxylic acids is 1. The van der Waals surface area contributed by atoms with E-state index in [1.165, 1.54) is 13.2 Å². The molecule has 3 N–H and O–H groups in total.